The fourth-order valence-electron chi connectivity index (χ4n) is 3.43. The molecule has 0 radical (unpaired) electrons. The first-order valence-corrected chi connectivity index (χ1v) is 10.9. The zero-order valence-electron chi connectivity index (χ0n) is 16.2. The molecule has 0 spiro atoms. The number of piperidine rings is 1. The lowest BCUT2D eigenvalue weighted by atomic mass is 9.98. The van der Waals surface area contributed by atoms with Gasteiger partial charge in [-0.3, -0.25) is 4.79 Å². The second-order valence-corrected chi connectivity index (χ2v) is 8.96. The fraction of sp³-hybridized carbons (Fsp3) is 0.381. The van der Waals surface area contributed by atoms with E-state index >= 15 is 0 Å². The molecule has 0 unspecified atom stereocenters. The molecular formula is C21H26N2O4S. The predicted octanol–water partition coefficient (Wildman–Crippen LogP) is 2.97. The van der Waals surface area contributed by atoms with Crippen molar-refractivity contribution in [3.63, 3.8) is 0 Å². The third-order valence-electron chi connectivity index (χ3n) is 5.11. The van der Waals surface area contributed by atoms with Crippen LogP contribution in [-0.2, 0) is 14.8 Å². The van der Waals surface area contributed by atoms with E-state index in [0.29, 0.717) is 25.1 Å². The van der Waals surface area contributed by atoms with E-state index in [1.165, 1.54) is 23.5 Å². The van der Waals surface area contributed by atoms with Gasteiger partial charge in [0.25, 0.3) is 0 Å². The molecule has 0 aliphatic carbocycles. The Kier molecular flexibility index (Phi) is 6.36. The minimum absolute atomic E-state index is 0.106. The van der Waals surface area contributed by atoms with Gasteiger partial charge in [-0.05, 0) is 49.6 Å². The Morgan fingerprint density at radius 2 is 1.82 bits per heavy atom. The second kappa shape index (κ2) is 8.75. The van der Waals surface area contributed by atoms with Crippen LogP contribution in [0.15, 0.2) is 59.5 Å². The summed E-state index contributed by atoms with van der Waals surface area (Å²) in [6, 6.07) is 15.9. The standard InChI is InChI=1S/C21H26N2O4S/c1-16(17-7-4-3-5-8-17)22-21(24)18-9-6-14-23(15-18)28(25,26)20-12-10-19(27-2)11-13-20/h3-5,7-8,10-13,16,18H,6,9,14-15H2,1-2H3,(H,22,24)/t16-,18+/m0/s1. The quantitative estimate of drug-likeness (QED) is 0.806. The number of amides is 1. The van der Waals surface area contributed by atoms with E-state index in [0.717, 1.165) is 5.56 Å². The van der Waals surface area contributed by atoms with Crippen LogP contribution in [0.5, 0.6) is 5.75 Å². The number of carbonyl (C=O) groups excluding carboxylic acids is 1. The Bertz CT molecular complexity index is 898. The Balaban J connectivity index is 1.68. The monoisotopic (exact) mass is 402 g/mol. The summed E-state index contributed by atoms with van der Waals surface area (Å²) in [6.45, 7) is 2.55. The van der Waals surface area contributed by atoms with Gasteiger partial charge in [-0.25, -0.2) is 8.42 Å². The fourth-order valence-corrected chi connectivity index (χ4v) is 4.95. The summed E-state index contributed by atoms with van der Waals surface area (Å²) in [6.07, 6.45) is 1.34. The zero-order valence-corrected chi connectivity index (χ0v) is 17.0. The first-order valence-electron chi connectivity index (χ1n) is 9.41. The van der Waals surface area contributed by atoms with Crippen LogP contribution in [0.3, 0.4) is 0 Å². The average molecular weight is 403 g/mol. The van der Waals surface area contributed by atoms with Crippen LogP contribution in [0, 0.1) is 5.92 Å². The van der Waals surface area contributed by atoms with E-state index < -0.39 is 10.0 Å². The number of hydrogen-bond acceptors (Lipinski definition) is 4. The molecule has 1 aliphatic heterocycles. The molecule has 1 N–H and O–H groups in total. The summed E-state index contributed by atoms with van der Waals surface area (Å²) < 4.78 is 32.4. The van der Waals surface area contributed by atoms with E-state index in [-0.39, 0.29) is 29.3 Å². The van der Waals surface area contributed by atoms with Crippen molar-refractivity contribution in [1.82, 2.24) is 9.62 Å². The SMILES string of the molecule is COc1ccc(S(=O)(=O)N2CCC[C@@H](C(=O)N[C@@H](C)c3ccccc3)C2)cc1. The Hall–Kier alpha value is -2.38. The molecule has 1 heterocycles. The van der Waals surface area contributed by atoms with Crippen molar-refractivity contribution < 1.29 is 17.9 Å². The lowest BCUT2D eigenvalue weighted by Crippen LogP contribution is -2.45. The van der Waals surface area contributed by atoms with Gasteiger partial charge >= 0.3 is 0 Å². The molecule has 0 bridgehead atoms. The summed E-state index contributed by atoms with van der Waals surface area (Å²) >= 11 is 0. The molecule has 2 atom stereocenters. The first-order chi connectivity index (χ1) is 13.4. The summed E-state index contributed by atoms with van der Waals surface area (Å²) in [4.78, 5) is 12.9. The van der Waals surface area contributed by atoms with E-state index in [9.17, 15) is 13.2 Å². The smallest absolute Gasteiger partial charge is 0.243 e. The second-order valence-electron chi connectivity index (χ2n) is 7.02. The van der Waals surface area contributed by atoms with Crippen LogP contribution in [0.4, 0.5) is 0 Å². The van der Waals surface area contributed by atoms with Gasteiger partial charge in [0.1, 0.15) is 5.75 Å². The molecule has 3 rings (SSSR count). The van der Waals surface area contributed by atoms with Gasteiger partial charge in [0.05, 0.1) is 24.0 Å². The molecule has 2 aromatic carbocycles. The Labute approximate surface area is 166 Å². The molecular weight excluding hydrogens is 376 g/mol. The van der Waals surface area contributed by atoms with Crippen LogP contribution in [0.1, 0.15) is 31.4 Å². The maximum Gasteiger partial charge on any atom is 0.243 e. The van der Waals surface area contributed by atoms with Gasteiger partial charge < -0.3 is 10.1 Å². The number of sulfonamides is 1. The molecule has 1 amide bonds. The average Bonchev–Trinajstić information content (AvgIpc) is 2.74. The minimum Gasteiger partial charge on any atom is -0.497 e. The maximum absolute atomic E-state index is 13.0. The molecule has 150 valence electrons. The third-order valence-corrected chi connectivity index (χ3v) is 6.99. The van der Waals surface area contributed by atoms with Crippen LogP contribution in [-0.4, -0.2) is 38.8 Å². The number of nitrogens with zero attached hydrogens (tertiary/aromatic N) is 1. The summed E-state index contributed by atoms with van der Waals surface area (Å²) in [5, 5.41) is 3.02. The van der Waals surface area contributed by atoms with Gasteiger partial charge in [-0.1, -0.05) is 30.3 Å². The number of benzene rings is 2. The normalized spacial score (nSPS) is 19.0. The van der Waals surface area contributed by atoms with Crippen molar-refractivity contribution in [3.8, 4) is 5.75 Å². The van der Waals surface area contributed by atoms with Gasteiger partial charge in [0.2, 0.25) is 15.9 Å². The van der Waals surface area contributed by atoms with E-state index in [4.69, 9.17) is 4.74 Å². The van der Waals surface area contributed by atoms with Crippen LogP contribution in [0.2, 0.25) is 0 Å². The van der Waals surface area contributed by atoms with Crippen molar-refractivity contribution in [2.45, 2.75) is 30.7 Å². The first kappa shape index (κ1) is 20.4. The number of methoxy groups -OCH3 is 1. The molecule has 0 aromatic heterocycles. The van der Waals surface area contributed by atoms with Crippen molar-refractivity contribution in [2.24, 2.45) is 5.92 Å². The molecule has 1 saturated heterocycles. The molecule has 1 aliphatic rings. The molecule has 0 saturated carbocycles. The van der Waals surface area contributed by atoms with Crippen molar-refractivity contribution in [2.75, 3.05) is 20.2 Å². The number of rotatable bonds is 6. The van der Waals surface area contributed by atoms with Gasteiger partial charge in [-0.15, -0.1) is 0 Å². The molecule has 6 nitrogen and oxygen atoms in total. The molecule has 2 aromatic rings. The highest BCUT2D eigenvalue weighted by atomic mass is 32.2. The third kappa shape index (κ3) is 4.54. The van der Waals surface area contributed by atoms with Gasteiger partial charge in [0, 0.05) is 13.1 Å². The highest BCUT2D eigenvalue weighted by molar-refractivity contribution is 7.89. The Morgan fingerprint density at radius 1 is 1.14 bits per heavy atom. The van der Waals surface area contributed by atoms with Gasteiger partial charge in [-0.2, -0.15) is 4.31 Å². The number of carbonyl (C=O) groups is 1. The largest absolute Gasteiger partial charge is 0.497 e. The molecule has 1 fully saturated rings. The van der Waals surface area contributed by atoms with Gasteiger partial charge in [0.15, 0.2) is 0 Å². The maximum atomic E-state index is 13.0. The van der Waals surface area contributed by atoms with E-state index in [2.05, 4.69) is 5.32 Å². The highest BCUT2D eigenvalue weighted by Gasteiger charge is 2.33. The summed E-state index contributed by atoms with van der Waals surface area (Å²) in [7, 11) is -2.10. The molecule has 7 heteroatoms. The van der Waals surface area contributed by atoms with Crippen LogP contribution < -0.4 is 10.1 Å². The lowest BCUT2D eigenvalue weighted by molar-refractivity contribution is -0.126. The number of nitrogens with one attached hydrogen (secondary N) is 1. The van der Waals surface area contributed by atoms with Crippen LogP contribution >= 0.6 is 0 Å². The van der Waals surface area contributed by atoms with Crippen molar-refractivity contribution in [3.05, 3.63) is 60.2 Å². The summed E-state index contributed by atoms with van der Waals surface area (Å²) in [5.74, 6) is 0.142. The predicted molar refractivity (Wildman–Crippen MR) is 107 cm³/mol. The Morgan fingerprint density at radius 3 is 2.46 bits per heavy atom. The zero-order chi connectivity index (χ0) is 20.1. The number of ether oxygens (including phenoxy) is 1. The lowest BCUT2D eigenvalue weighted by Gasteiger charge is -2.32. The highest BCUT2D eigenvalue weighted by Crippen LogP contribution is 2.26. The minimum atomic E-state index is -3.64. The topological polar surface area (TPSA) is 75.7 Å². The van der Waals surface area contributed by atoms with Crippen molar-refractivity contribution in [1.29, 1.82) is 0 Å². The molecule has 28 heavy (non-hydrogen) atoms. The van der Waals surface area contributed by atoms with E-state index in [1.807, 2.05) is 37.3 Å². The summed E-state index contributed by atoms with van der Waals surface area (Å²) in [5.41, 5.74) is 1.02. The van der Waals surface area contributed by atoms with E-state index in [1.54, 1.807) is 12.1 Å². The number of hydrogen-bond donors (Lipinski definition) is 1. The van der Waals surface area contributed by atoms with Crippen LogP contribution in [0.25, 0.3) is 0 Å². The van der Waals surface area contributed by atoms with Crippen molar-refractivity contribution >= 4 is 15.9 Å².